The quantitative estimate of drug-likeness (QED) is 0.894. The molecule has 0 radical (unpaired) electrons. The maximum absolute atomic E-state index is 12.0. The molecule has 0 bridgehead atoms. The minimum absolute atomic E-state index is 0.0579. The average Bonchev–Trinajstić information content (AvgIpc) is 2.90. The highest BCUT2D eigenvalue weighted by Crippen LogP contribution is 2.20. The number of carboxylic acids is 1. The number of urea groups is 1. The molecule has 0 aliphatic heterocycles. The van der Waals surface area contributed by atoms with Gasteiger partial charge in [0.2, 0.25) is 0 Å². The fourth-order valence-corrected chi connectivity index (χ4v) is 1.88. The zero-order valence-electron chi connectivity index (χ0n) is 9.90. The average molecular weight is 278 g/mol. The van der Waals surface area contributed by atoms with Crippen LogP contribution in [-0.4, -0.2) is 33.7 Å². The Hall–Kier alpha value is -2.48. The minimum atomic E-state index is -1.09. The van der Waals surface area contributed by atoms with Gasteiger partial charge in [-0.3, -0.25) is 10.2 Å². The van der Waals surface area contributed by atoms with Gasteiger partial charge in [-0.05, 0) is 12.1 Å². The number of carbonyl (C=O) groups excluding carboxylic acids is 1. The number of rotatable bonds is 3. The van der Waals surface area contributed by atoms with E-state index in [2.05, 4.69) is 14.9 Å². The first-order valence-electron chi connectivity index (χ1n) is 5.24. The SMILES string of the molecule is CN(C(=O)Nc1cnns1)c1ccccc1C(=O)O. The van der Waals surface area contributed by atoms with Gasteiger partial charge in [0, 0.05) is 18.6 Å². The molecule has 0 aliphatic carbocycles. The number of amides is 2. The summed E-state index contributed by atoms with van der Waals surface area (Å²) in [6, 6.07) is 5.81. The Kier molecular flexibility index (Phi) is 3.71. The minimum Gasteiger partial charge on any atom is -0.478 e. The van der Waals surface area contributed by atoms with Crippen molar-refractivity contribution in [1.82, 2.24) is 9.59 Å². The number of hydrogen-bond acceptors (Lipinski definition) is 5. The second kappa shape index (κ2) is 5.44. The van der Waals surface area contributed by atoms with Gasteiger partial charge >= 0.3 is 12.0 Å². The maximum atomic E-state index is 12.0. The first-order chi connectivity index (χ1) is 9.09. The topological polar surface area (TPSA) is 95.4 Å². The highest BCUT2D eigenvalue weighted by atomic mass is 32.1. The third kappa shape index (κ3) is 2.86. The zero-order chi connectivity index (χ0) is 13.8. The molecule has 2 amide bonds. The zero-order valence-corrected chi connectivity index (χ0v) is 10.7. The molecule has 7 nitrogen and oxygen atoms in total. The predicted octanol–water partition coefficient (Wildman–Crippen LogP) is 1.90. The van der Waals surface area contributed by atoms with Crippen LogP contribution < -0.4 is 10.2 Å². The van der Waals surface area contributed by atoms with Crippen molar-refractivity contribution in [2.45, 2.75) is 0 Å². The van der Waals surface area contributed by atoms with Crippen LogP contribution in [0.2, 0.25) is 0 Å². The van der Waals surface area contributed by atoms with Crippen molar-refractivity contribution in [3.05, 3.63) is 36.0 Å². The van der Waals surface area contributed by atoms with Crippen molar-refractivity contribution in [1.29, 1.82) is 0 Å². The molecule has 2 aromatic rings. The van der Waals surface area contributed by atoms with E-state index in [0.717, 1.165) is 11.5 Å². The highest BCUT2D eigenvalue weighted by Gasteiger charge is 2.18. The van der Waals surface area contributed by atoms with E-state index >= 15 is 0 Å². The maximum Gasteiger partial charge on any atom is 0.337 e. The molecule has 1 aromatic heterocycles. The van der Waals surface area contributed by atoms with Crippen molar-refractivity contribution in [2.24, 2.45) is 0 Å². The molecule has 19 heavy (non-hydrogen) atoms. The fraction of sp³-hybridized carbons (Fsp3) is 0.0909. The van der Waals surface area contributed by atoms with E-state index in [1.807, 2.05) is 0 Å². The Morgan fingerprint density at radius 3 is 2.74 bits per heavy atom. The van der Waals surface area contributed by atoms with E-state index in [0.29, 0.717) is 10.7 Å². The highest BCUT2D eigenvalue weighted by molar-refractivity contribution is 7.10. The summed E-state index contributed by atoms with van der Waals surface area (Å²) in [6.45, 7) is 0. The number of nitrogens with zero attached hydrogens (tertiary/aromatic N) is 3. The molecule has 0 atom stereocenters. The molecule has 2 N–H and O–H groups in total. The van der Waals surface area contributed by atoms with Crippen molar-refractivity contribution in [3.8, 4) is 0 Å². The van der Waals surface area contributed by atoms with Gasteiger partial charge in [0.15, 0.2) is 0 Å². The number of anilines is 2. The lowest BCUT2D eigenvalue weighted by molar-refractivity contribution is 0.0697. The Morgan fingerprint density at radius 2 is 2.11 bits per heavy atom. The van der Waals surface area contributed by atoms with Gasteiger partial charge in [0.1, 0.15) is 5.00 Å². The van der Waals surface area contributed by atoms with Gasteiger partial charge in [-0.15, -0.1) is 5.10 Å². The first-order valence-corrected chi connectivity index (χ1v) is 6.01. The third-order valence-corrected chi connectivity index (χ3v) is 2.97. The number of para-hydroxylation sites is 1. The van der Waals surface area contributed by atoms with Crippen LogP contribution in [0.4, 0.5) is 15.5 Å². The van der Waals surface area contributed by atoms with Gasteiger partial charge < -0.3 is 5.11 Å². The lowest BCUT2D eigenvalue weighted by Crippen LogP contribution is -2.32. The van der Waals surface area contributed by atoms with Crippen LogP contribution in [0.5, 0.6) is 0 Å². The molecule has 0 spiro atoms. The van der Waals surface area contributed by atoms with Crippen LogP contribution in [-0.2, 0) is 0 Å². The summed E-state index contributed by atoms with van der Waals surface area (Å²) in [5.74, 6) is -1.09. The Bertz CT molecular complexity index is 600. The molecule has 0 saturated heterocycles. The van der Waals surface area contributed by atoms with Crippen LogP contribution in [0, 0.1) is 0 Å². The second-order valence-electron chi connectivity index (χ2n) is 3.59. The fourth-order valence-electron chi connectivity index (χ4n) is 1.47. The van der Waals surface area contributed by atoms with Crippen LogP contribution in [0.1, 0.15) is 10.4 Å². The van der Waals surface area contributed by atoms with E-state index in [-0.39, 0.29) is 5.56 Å². The molecule has 0 unspecified atom stereocenters. The van der Waals surface area contributed by atoms with E-state index in [9.17, 15) is 9.59 Å². The smallest absolute Gasteiger partial charge is 0.337 e. The third-order valence-electron chi connectivity index (χ3n) is 2.39. The Balaban J connectivity index is 2.22. The van der Waals surface area contributed by atoms with Gasteiger partial charge in [-0.25, -0.2) is 9.59 Å². The second-order valence-corrected chi connectivity index (χ2v) is 4.38. The van der Waals surface area contributed by atoms with E-state index in [4.69, 9.17) is 5.11 Å². The normalized spacial score (nSPS) is 9.95. The van der Waals surface area contributed by atoms with Crippen LogP contribution in [0.3, 0.4) is 0 Å². The Labute approximate surface area is 112 Å². The van der Waals surface area contributed by atoms with Crippen LogP contribution >= 0.6 is 11.5 Å². The number of aromatic carboxylic acids is 1. The summed E-state index contributed by atoms with van der Waals surface area (Å²) < 4.78 is 3.62. The summed E-state index contributed by atoms with van der Waals surface area (Å²) in [5, 5.41) is 15.7. The molecule has 1 heterocycles. The van der Waals surface area contributed by atoms with Gasteiger partial charge in [-0.2, -0.15) is 0 Å². The van der Waals surface area contributed by atoms with Gasteiger partial charge in [0.25, 0.3) is 0 Å². The lowest BCUT2D eigenvalue weighted by Gasteiger charge is -2.19. The first kappa shape index (κ1) is 13.0. The standard InChI is InChI=1S/C11H10N4O3S/c1-15(11(18)13-9-6-12-14-19-9)8-5-3-2-4-7(8)10(16)17/h2-6H,1H3,(H,13,18)(H,16,17). The summed E-state index contributed by atoms with van der Waals surface area (Å²) in [7, 11) is 1.49. The summed E-state index contributed by atoms with van der Waals surface area (Å²) in [4.78, 5) is 24.3. The van der Waals surface area contributed by atoms with Crippen molar-refractivity contribution in [3.63, 3.8) is 0 Å². The summed E-state index contributed by atoms with van der Waals surface area (Å²) in [6.07, 6.45) is 1.42. The number of hydrogen-bond donors (Lipinski definition) is 2. The molecule has 2 rings (SSSR count). The monoisotopic (exact) mass is 278 g/mol. The summed E-state index contributed by atoms with van der Waals surface area (Å²) in [5.41, 5.74) is 0.368. The molecule has 0 fully saturated rings. The van der Waals surface area contributed by atoms with E-state index in [1.165, 1.54) is 24.2 Å². The molecule has 8 heteroatoms. The van der Waals surface area contributed by atoms with Crippen molar-refractivity contribution >= 4 is 34.2 Å². The van der Waals surface area contributed by atoms with Gasteiger partial charge in [0.05, 0.1) is 17.4 Å². The molecular formula is C11H10N4O3S. The Morgan fingerprint density at radius 1 is 1.37 bits per heavy atom. The molecule has 0 aliphatic rings. The predicted molar refractivity (Wildman–Crippen MR) is 70.7 cm³/mol. The van der Waals surface area contributed by atoms with E-state index < -0.39 is 12.0 Å². The molecule has 98 valence electrons. The number of aromatic nitrogens is 2. The number of carbonyl (C=O) groups is 2. The largest absolute Gasteiger partial charge is 0.478 e. The molecular weight excluding hydrogens is 268 g/mol. The van der Waals surface area contributed by atoms with Crippen molar-refractivity contribution in [2.75, 3.05) is 17.3 Å². The van der Waals surface area contributed by atoms with Gasteiger partial charge in [-0.1, -0.05) is 16.6 Å². The molecule has 0 saturated carbocycles. The van der Waals surface area contributed by atoms with E-state index in [1.54, 1.807) is 18.2 Å². The number of carboxylic acid groups (broad SMARTS) is 1. The number of benzene rings is 1. The summed E-state index contributed by atoms with van der Waals surface area (Å²) >= 11 is 1.04. The number of nitrogens with one attached hydrogen (secondary N) is 1. The van der Waals surface area contributed by atoms with Crippen LogP contribution in [0.25, 0.3) is 0 Å². The van der Waals surface area contributed by atoms with Crippen LogP contribution in [0.15, 0.2) is 30.5 Å². The van der Waals surface area contributed by atoms with Crippen molar-refractivity contribution < 1.29 is 14.7 Å². The molecule has 1 aromatic carbocycles. The lowest BCUT2D eigenvalue weighted by atomic mass is 10.1.